The highest BCUT2D eigenvalue weighted by atomic mass is 32.2. The molecule has 4 N–H and O–H groups in total. The van der Waals surface area contributed by atoms with E-state index in [0.29, 0.717) is 34.3 Å². The number of hydrogen-bond donors (Lipinski definition) is 3. The van der Waals surface area contributed by atoms with Crippen LogP contribution in [0.5, 0.6) is 17.2 Å². The van der Waals surface area contributed by atoms with Crippen molar-refractivity contribution in [2.45, 2.75) is 10.1 Å². The van der Waals surface area contributed by atoms with Crippen LogP contribution in [0.15, 0.2) is 17.1 Å². The number of nitrogens with zero attached hydrogens (tertiary/aromatic N) is 3. The van der Waals surface area contributed by atoms with Crippen molar-refractivity contribution in [2.24, 2.45) is 21.6 Å². The topological polar surface area (TPSA) is 154 Å². The van der Waals surface area contributed by atoms with E-state index in [-0.39, 0.29) is 19.0 Å². The molecule has 2 aliphatic rings. The molecular formula is C20H24N4O5S2. The second-order valence-electron chi connectivity index (χ2n) is 6.95. The molecule has 0 aromatic heterocycles. The van der Waals surface area contributed by atoms with Crippen LogP contribution in [0.1, 0.15) is 11.5 Å². The van der Waals surface area contributed by atoms with E-state index in [9.17, 15) is 20.7 Å². The quantitative estimate of drug-likeness (QED) is 0.432. The summed E-state index contributed by atoms with van der Waals surface area (Å²) in [6.45, 7) is -0.255. The van der Waals surface area contributed by atoms with Crippen LogP contribution < -0.4 is 19.9 Å². The monoisotopic (exact) mass is 464 g/mol. The molecule has 0 bridgehead atoms. The molecule has 0 amide bonds. The Morgan fingerprint density at radius 2 is 1.58 bits per heavy atom. The predicted octanol–water partition coefficient (Wildman–Crippen LogP) is 1.31. The van der Waals surface area contributed by atoms with Gasteiger partial charge in [-0.3, -0.25) is 0 Å². The highest BCUT2D eigenvalue weighted by molar-refractivity contribution is 8.18. The first-order chi connectivity index (χ1) is 14.9. The van der Waals surface area contributed by atoms with E-state index < -0.39 is 21.0 Å². The normalized spacial score (nSPS) is 27.5. The molecule has 1 aliphatic carbocycles. The first-order valence-corrected chi connectivity index (χ1v) is 11.4. The molecule has 0 spiro atoms. The van der Waals surface area contributed by atoms with Crippen molar-refractivity contribution >= 4 is 29.4 Å². The Balaban J connectivity index is 2.23. The standard InChI is InChI=1S/C20H24N4O5S2/c1-27-13-8-12(9-14(28-2)15(13)29-3)16-18(10-21)17(23)24-20(30-6-4-25,31-7-5-26)19(16,18)11-22/h8-9,16,25-26H,4-7H2,1-3H3,(H2,23,24)/t16-,18-,19-/m1/s1. The summed E-state index contributed by atoms with van der Waals surface area (Å²) in [4.78, 5) is 4.57. The third-order valence-corrected chi connectivity index (χ3v) is 8.82. The summed E-state index contributed by atoms with van der Waals surface area (Å²) >= 11 is 2.52. The Labute approximate surface area is 189 Å². The molecule has 0 saturated heterocycles. The lowest BCUT2D eigenvalue weighted by Crippen LogP contribution is -2.32. The van der Waals surface area contributed by atoms with E-state index >= 15 is 0 Å². The lowest BCUT2D eigenvalue weighted by molar-refractivity contribution is 0.321. The van der Waals surface area contributed by atoms with Crippen LogP contribution in [0.2, 0.25) is 0 Å². The van der Waals surface area contributed by atoms with Crippen molar-refractivity contribution in [3.05, 3.63) is 17.7 Å². The van der Waals surface area contributed by atoms with Gasteiger partial charge in [0.1, 0.15) is 16.7 Å². The smallest absolute Gasteiger partial charge is 0.203 e. The van der Waals surface area contributed by atoms with Crippen LogP contribution in [-0.4, -0.2) is 66.3 Å². The second-order valence-corrected chi connectivity index (χ2v) is 9.79. The molecule has 1 aliphatic heterocycles. The molecular weight excluding hydrogens is 440 g/mol. The van der Waals surface area contributed by atoms with Gasteiger partial charge in [0, 0.05) is 17.4 Å². The Morgan fingerprint density at radius 3 is 1.97 bits per heavy atom. The van der Waals surface area contributed by atoms with E-state index in [2.05, 4.69) is 17.1 Å². The zero-order valence-corrected chi connectivity index (χ0v) is 19.0. The SMILES string of the molecule is COc1cc([C@@H]2[C@]3(C#N)C(N)=NC(SCCO)(SCCO)[C@]23C#N)cc(OC)c1OC. The van der Waals surface area contributed by atoms with E-state index in [0.717, 1.165) is 0 Å². The van der Waals surface area contributed by atoms with Crippen molar-refractivity contribution in [2.75, 3.05) is 46.0 Å². The molecule has 3 rings (SSSR count). The van der Waals surface area contributed by atoms with Gasteiger partial charge in [0.05, 0.1) is 46.7 Å². The zero-order chi connectivity index (χ0) is 22.9. The third kappa shape index (κ3) is 2.95. The van der Waals surface area contributed by atoms with E-state index in [1.54, 1.807) is 12.1 Å². The summed E-state index contributed by atoms with van der Waals surface area (Å²) in [5.74, 6) is 1.24. The Bertz CT molecular complexity index is 942. The summed E-state index contributed by atoms with van der Waals surface area (Å²) < 4.78 is 15.1. The predicted molar refractivity (Wildman–Crippen MR) is 118 cm³/mol. The largest absolute Gasteiger partial charge is 0.493 e. The van der Waals surface area contributed by atoms with Crippen molar-refractivity contribution in [1.82, 2.24) is 0 Å². The first-order valence-electron chi connectivity index (χ1n) is 9.41. The van der Waals surface area contributed by atoms with Crippen LogP contribution in [0.4, 0.5) is 0 Å². The Morgan fingerprint density at radius 1 is 1.03 bits per heavy atom. The van der Waals surface area contributed by atoms with E-state index in [4.69, 9.17) is 19.9 Å². The summed E-state index contributed by atoms with van der Waals surface area (Å²) in [5.41, 5.74) is 4.29. The number of aliphatic hydroxyl groups is 2. The number of aliphatic imine (C=N–C) groups is 1. The van der Waals surface area contributed by atoms with Gasteiger partial charge >= 0.3 is 0 Å². The third-order valence-electron chi connectivity index (χ3n) is 5.73. The molecule has 166 valence electrons. The highest BCUT2D eigenvalue weighted by Gasteiger charge is 2.92. The van der Waals surface area contributed by atoms with Gasteiger partial charge in [-0.25, -0.2) is 4.99 Å². The fourth-order valence-electron chi connectivity index (χ4n) is 4.49. The van der Waals surface area contributed by atoms with Crippen molar-refractivity contribution in [3.63, 3.8) is 0 Å². The van der Waals surface area contributed by atoms with Gasteiger partial charge in [0.15, 0.2) is 15.7 Å². The molecule has 1 fully saturated rings. The lowest BCUT2D eigenvalue weighted by atomic mass is 9.97. The fourth-order valence-corrected chi connectivity index (χ4v) is 7.49. The van der Waals surface area contributed by atoms with Gasteiger partial charge in [-0.05, 0) is 17.7 Å². The van der Waals surface area contributed by atoms with Crippen molar-refractivity contribution in [1.29, 1.82) is 10.5 Å². The minimum absolute atomic E-state index is 0.0752. The summed E-state index contributed by atoms with van der Waals surface area (Å²) in [7, 11) is 4.47. The number of ether oxygens (including phenoxy) is 3. The van der Waals surface area contributed by atoms with Crippen LogP contribution in [-0.2, 0) is 0 Å². The molecule has 1 heterocycles. The molecule has 1 aromatic carbocycles. The van der Waals surface area contributed by atoms with Gasteiger partial charge in [0.2, 0.25) is 5.75 Å². The van der Waals surface area contributed by atoms with Crippen LogP contribution in [0.3, 0.4) is 0 Å². The fraction of sp³-hybridized carbons (Fsp3) is 0.550. The number of nitriles is 2. The second kappa shape index (κ2) is 8.67. The molecule has 3 atom stereocenters. The lowest BCUT2D eigenvalue weighted by Gasteiger charge is -2.31. The summed E-state index contributed by atoms with van der Waals surface area (Å²) in [6.07, 6.45) is 0. The average Bonchev–Trinajstić information content (AvgIpc) is 3.38. The highest BCUT2D eigenvalue weighted by Crippen LogP contribution is 2.85. The minimum atomic E-state index is -1.35. The van der Waals surface area contributed by atoms with E-state index in [1.807, 2.05) is 0 Å². The number of amidine groups is 1. The maximum absolute atomic E-state index is 10.4. The van der Waals surface area contributed by atoms with Gasteiger partial charge < -0.3 is 30.2 Å². The van der Waals surface area contributed by atoms with Gasteiger partial charge in [-0.1, -0.05) is 0 Å². The van der Waals surface area contributed by atoms with Crippen molar-refractivity contribution < 1.29 is 24.4 Å². The number of rotatable bonds is 10. The molecule has 9 nitrogen and oxygen atoms in total. The summed E-state index contributed by atoms with van der Waals surface area (Å²) in [6, 6.07) is 8.07. The maximum atomic E-state index is 10.4. The Kier molecular flexibility index (Phi) is 6.53. The molecule has 0 unspecified atom stereocenters. The van der Waals surface area contributed by atoms with Crippen LogP contribution >= 0.6 is 23.5 Å². The number of aliphatic hydroxyl groups excluding tert-OH is 2. The molecule has 0 radical (unpaired) electrons. The minimum Gasteiger partial charge on any atom is -0.493 e. The zero-order valence-electron chi connectivity index (χ0n) is 17.4. The van der Waals surface area contributed by atoms with Crippen LogP contribution in [0.25, 0.3) is 0 Å². The summed E-state index contributed by atoms with van der Waals surface area (Å²) in [5, 5.41) is 39.5. The first kappa shape index (κ1) is 23.4. The number of benzene rings is 1. The van der Waals surface area contributed by atoms with Crippen LogP contribution in [0, 0.1) is 33.5 Å². The molecule has 11 heteroatoms. The number of hydrogen-bond acceptors (Lipinski definition) is 11. The molecule has 1 saturated carbocycles. The molecule has 31 heavy (non-hydrogen) atoms. The van der Waals surface area contributed by atoms with Crippen molar-refractivity contribution in [3.8, 4) is 29.4 Å². The Hall–Kier alpha value is -2.31. The van der Waals surface area contributed by atoms with E-state index in [1.165, 1.54) is 44.9 Å². The van der Waals surface area contributed by atoms with Gasteiger partial charge in [-0.15, -0.1) is 23.5 Å². The average molecular weight is 465 g/mol. The van der Waals surface area contributed by atoms with Gasteiger partial charge in [0.25, 0.3) is 0 Å². The maximum Gasteiger partial charge on any atom is 0.203 e. The molecule has 1 aromatic rings. The number of fused-ring (bicyclic) bond motifs is 1. The number of methoxy groups -OCH3 is 3. The number of nitrogens with two attached hydrogens (primary N) is 1. The number of thioether (sulfide) groups is 2. The van der Waals surface area contributed by atoms with Gasteiger partial charge in [-0.2, -0.15) is 10.5 Å².